The normalized spacial score (nSPS) is 79.6. The van der Waals surface area contributed by atoms with Gasteiger partial charge < -0.3 is 0 Å². The molecule has 4 bridgehead atoms. The van der Waals surface area contributed by atoms with Crippen LogP contribution in [0.4, 0.5) is 0 Å². The van der Waals surface area contributed by atoms with E-state index in [0.29, 0.717) is 35.2 Å². The average Bonchev–Trinajstić information content (AvgIpc) is 2.54. The van der Waals surface area contributed by atoms with Gasteiger partial charge in [0, 0.05) is 11.8 Å². The summed E-state index contributed by atoms with van der Waals surface area (Å²) in [4.78, 5) is 24.1. The molecular formula is C10H6Br2O2. The summed E-state index contributed by atoms with van der Waals surface area (Å²) < 4.78 is -0.526. The summed E-state index contributed by atoms with van der Waals surface area (Å²) in [6.45, 7) is 0. The number of Topliss-reactive ketones (excluding diaryl/α,β-unsaturated/α-hetero) is 2. The monoisotopic (exact) mass is 316 g/mol. The van der Waals surface area contributed by atoms with Crippen molar-refractivity contribution in [2.75, 3.05) is 0 Å². The van der Waals surface area contributed by atoms with Crippen LogP contribution >= 0.6 is 31.9 Å². The van der Waals surface area contributed by atoms with Crippen LogP contribution in [0.25, 0.3) is 0 Å². The molecule has 0 heterocycles. The zero-order chi connectivity index (χ0) is 9.62. The third kappa shape index (κ3) is 0.337. The third-order valence-electron chi connectivity index (χ3n) is 5.62. The number of ketones is 2. The first-order valence-electron chi connectivity index (χ1n) is 5.02. The van der Waals surface area contributed by atoms with Gasteiger partial charge in [-0.2, -0.15) is 0 Å². The molecule has 0 aromatic carbocycles. The zero-order valence-corrected chi connectivity index (χ0v) is 10.2. The van der Waals surface area contributed by atoms with Gasteiger partial charge in [-0.15, -0.1) is 0 Å². The first kappa shape index (κ1) is 7.55. The molecule has 0 aromatic heterocycles. The fourth-order valence-electron chi connectivity index (χ4n) is 5.46. The summed E-state index contributed by atoms with van der Waals surface area (Å²) in [5, 5.41) is 0. The van der Waals surface area contributed by atoms with Gasteiger partial charge in [-0.05, 0) is 23.7 Å². The molecule has 6 saturated carbocycles. The molecule has 14 heavy (non-hydrogen) atoms. The van der Waals surface area contributed by atoms with Gasteiger partial charge in [-0.1, -0.05) is 31.9 Å². The predicted octanol–water partition coefficient (Wildman–Crippen LogP) is 1.16. The van der Waals surface area contributed by atoms with Crippen LogP contribution in [0.3, 0.4) is 0 Å². The maximum Gasteiger partial charge on any atom is 0.154 e. The van der Waals surface area contributed by atoms with Crippen LogP contribution in [0.5, 0.6) is 0 Å². The molecule has 0 aliphatic heterocycles. The Morgan fingerprint density at radius 2 is 1.14 bits per heavy atom. The predicted molar refractivity (Wildman–Crippen MR) is 54.3 cm³/mol. The Hall–Kier alpha value is 0.300. The highest BCUT2D eigenvalue weighted by molar-refractivity contribution is 9.10. The fourth-order valence-corrected chi connectivity index (χ4v) is 8.27. The van der Waals surface area contributed by atoms with Crippen molar-refractivity contribution in [1.29, 1.82) is 0 Å². The summed E-state index contributed by atoms with van der Waals surface area (Å²) in [7, 11) is 0. The van der Waals surface area contributed by atoms with E-state index in [1.54, 1.807) is 0 Å². The highest BCUT2D eigenvalue weighted by atomic mass is 79.9. The second-order valence-electron chi connectivity index (χ2n) is 5.42. The van der Waals surface area contributed by atoms with Gasteiger partial charge in [0.15, 0.2) is 11.6 Å². The molecule has 0 N–H and O–H groups in total. The topological polar surface area (TPSA) is 34.1 Å². The quantitative estimate of drug-likeness (QED) is 0.628. The Balaban J connectivity index is 1.93. The van der Waals surface area contributed by atoms with E-state index in [4.69, 9.17) is 0 Å². The Labute approximate surface area is 97.1 Å². The minimum Gasteiger partial charge on any atom is -0.298 e. The number of carbonyl (C=O) groups excluding carboxylic acids is 2. The molecule has 0 unspecified atom stereocenters. The molecule has 4 heteroatoms. The van der Waals surface area contributed by atoms with Crippen molar-refractivity contribution in [3.8, 4) is 0 Å². The van der Waals surface area contributed by atoms with Gasteiger partial charge in [0.25, 0.3) is 0 Å². The molecule has 72 valence electrons. The Bertz CT molecular complexity index is 419. The van der Waals surface area contributed by atoms with E-state index in [2.05, 4.69) is 31.9 Å². The van der Waals surface area contributed by atoms with Crippen molar-refractivity contribution in [1.82, 2.24) is 0 Å². The van der Waals surface area contributed by atoms with Crippen LogP contribution in [0.15, 0.2) is 0 Å². The van der Waals surface area contributed by atoms with Crippen molar-refractivity contribution < 1.29 is 9.59 Å². The zero-order valence-electron chi connectivity index (χ0n) is 7.04. The number of halogens is 2. The molecule has 0 aromatic rings. The van der Waals surface area contributed by atoms with E-state index in [9.17, 15) is 9.59 Å². The lowest BCUT2D eigenvalue weighted by atomic mass is 9.41. The first-order chi connectivity index (χ1) is 6.55. The van der Waals surface area contributed by atoms with Crippen molar-refractivity contribution in [3.63, 3.8) is 0 Å². The molecule has 6 rings (SSSR count). The molecule has 0 saturated heterocycles. The molecule has 0 radical (unpaired) electrons. The fraction of sp³-hybridized carbons (Fsp3) is 0.800. The molecular weight excluding hydrogens is 312 g/mol. The van der Waals surface area contributed by atoms with E-state index < -0.39 is 0 Å². The van der Waals surface area contributed by atoms with Crippen LogP contribution < -0.4 is 0 Å². The lowest BCUT2D eigenvalue weighted by Crippen LogP contribution is -2.74. The average molecular weight is 318 g/mol. The minimum atomic E-state index is -0.263. The summed E-state index contributed by atoms with van der Waals surface area (Å²) >= 11 is 7.27. The number of rotatable bonds is 0. The van der Waals surface area contributed by atoms with Crippen LogP contribution in [-0.2, 0) is 9.59 Å². The Morgan fingerprint density at radius 1 is 0.786 bits per heavy atom. The first-order valence-corrected chi connectivity index (χ1v) is 6.60. The van der Waals surface area contributed by atoms with Crippen LogP contribution in [0.2, 0.25) is 0 Å². The Kier molecular flexibility index (Phi) is 0.824. The highest BCUT2D eigenvalue weighted by Gasteiger charge is 3.00. The van der Waals surface area contributed by atoms with Crippen LogP contribution in [-0.4, -0.2) is 20.2 Å². The SMILES string of the molecule is O=C1[C@H]2[C@H]3C(=O)[C@]4(Br)[C@H]5[C@@H]([C@H]24)[C@@]1(Br)[C@H]35. The smallest absolute Gasteiger partial charge is 0.154 e. The van der Waals surface area contributed by atoms with Crippen molar-refractivity contribution in [3.05, 3.63) is 0 Å². The molecule has 2 nitrogen and oxygen atoms in total. The van der Waals surface area contributed by atoms with Gasteiger partial charge in [0.1, 0.15) is 0 Å². The molecule has 6 aliphatic carbocycles. The summed E-state index contributed by atoms with van der Waals surface area (Å²) in [5.74, 6) is 2.45. The molecule has 0 spiro atoms. The van der Waals surface area contributed by atoms with E-state index in [1.165, 1.54) is 0 Å². The number of carbonyl (C=O) groups is 2. The molecule has 6 fully saturated rings. The lowest BCUT2D eigenvalue weighted by molar-refractivity contribution is -0.139. The lowest BCUT2D eigenvalue weighted by Gasteiger charge is -2.68. The number of hydrogen-bond acceptors (Lipinski definition) is 2. The minimum absolute atomic E-state index is 0.0706. The van der Waals surface area contributed by atoms with Crippen LogP contribution in [0, 0.1) is 35.5 Å². The van der Waals surface area contributed by atoms with Gasteiger partial charge in [0.2, 0.25) is 0 Å². The van der Waals surface area contributed by atoms with Crippen molar-refractivity contribution in [2.45, 2.75) is 8.65 Å². The number of hydrogen-bond donors (Lipinski definition) is 0. The van der Waals surface area contributed by atoms with E-state index in [0.717, 1.165) is 0 Å². The second kappa shape index (κ2) is 1.53. The highest BCUT2D eigenvalue weighted by Crippen LogP contribution is 2.92. The Morgan fingerprint density at radius 3 is 1.43 bits per heavy atom. The number of alkyl halides is 2. The van der Waals surface area contributed by atoms with E-state index in [1.807, 2.05) is 0 Å². The van der Waals surface area contributed by atoms with Crippen molar-refractivity contribution >= 4 is 43.4 Å². The maximum atomic E-state index is 12.1. The molecule has 8 atom stereocenters. The van der Waals surface area contributed by atoms with Gasteiger partial charge in [-0.3, -0.25) is 9.59 Å². The standard InChI is InChI=1S/C10H6Br2O2/c11-9-3-1-2(8(9)14)4-6(9)5(3)10(4,12)7(1)13/h1-6H/t1-,2+,3-,4+,5-,6-,9+,10-/m1/s1. The van der Waals surface area contributed by atoms with E-state index in [-0.39, 0.29) is 20.5 Å². The largest absolute Gasteiger partial charge is 0.298 e. The summed E-state index contributed by atoms with van der Waals surface area (Å²) in [6, 6.07) is 0. The van der Waals surface area contributed by atoms with Gasteiger partial charge in [0.05, 0.1) is 8.65 Å². The van der Waals surface area contributed by atoms with Crippen LogP contribution in [0.1, 0.15) is 0 Å². The molecule has 0 amide bonds. The summed E-state index contributed by atoms with van der Waals surface area (Å²) in [6.07, 6.45) is 0. The van der Waals surface area contributed by atoms with Gasteiger partial charge in [-0.25, -0.2) is 0 Å². The van der Waals surface area contributed by atoms with Crippen molar-refractivity contribution in [2.24, 2.45) is 35.5 Å². The maximum absolute atomic E-state index is 12.1. The molecule has 6 aliphatic rings. The second-order valence-corrected chi connectivity index (χ2v) is 8.04. The third-order valence-corrected chi connectivity index (χ3v) is 8.52. The van der Waals surface area contributed by atoms with Gasteiger partial charge >= 0.3 is 0 Å². The summed E-state index contributed by atoms with van der Waals surface area (Å²) in [5.41, 5.74) is 0. The van der Waals surface area contributed by atoms with E-state index >= 15 is 0 Å².